The van der Waals surface area contributed by atoms with Gasteiger partial charge in [-0.3, -0.25) is 19.2 Å². The average molecular weight is 1340 g/mol. The number of aldehydes is 4. The molecule has 2 aliphatic rings. The fourth-order valence-electron chi connectivity index (χ4n) is 15.0. The van der Waals surface area contributed by atoms with Gasteiger partial charge in [0.05, 0.1) is 72.9 Å². The van der Waals surface area contributed by atoms with E-state index in [1.54, 1.807) is 97.1 Å². The summed E-state index contributed by atoms with van der Waals surface area (Å²) in [6.45, 7) is 13.1. The topological polar surface area (TPSA) is 210 Å². The summed E-state index contributed by atoms with van der Waals surface area (Å²) >= 11 is 0. The van der Waals surface area contributed by atoms with Gasteiger partial charge in [0.2, 0.25) is 0 Å². The lowest BCUT2D eigenvalue weighted by Gasteiger charge is -2.52. The molecular weight excluding hydrogens is 1250 g/mol. The predicted octanol–water partition coefficient (Wildman–Crippen LogP) is 16.3. The molecule has 0 aromatic heterocycles. The number of esters is 4. The van der Waals surface area contributed by atoms with Crippen molar-refractivity contribution in [1.29, 1.82) is 0 Å². The lowest BCUT2D eigenvalue weighted by molar-refractivity contribution is 0.0364. The van der Waals surface area contributed by atoms with Gasteiger partial charge in [-0.2, -0.15) is 0 Å². The number of aryl methyl sites for hydroxylation is 4. The van der Waals surface area contributed by atoms with E-state index in [4.69, 9.17) is 37.9 Å². The Bertz CT molecular complexity index is 3790. The zero-order valence-corrected chi connectivity index (χ0v) is 57.8. The molecule has 8 aromatic carbocycles. The normalized spacial score (nSPS) is 14.4. The van der Waals surface area contributed by atoms with E-state index in [1.807, 2.05) is 52.0 Å². The van der Waals surface area contributed by atoms with Crippen LogP contribution in [0.3, 0.4) is 0 Å². The maximum Gasteiger partial charge on any atom is 0.337 e. The summed E-state index contributed by atoms with van der Waals surface area (Å²) in [6.07, 6.45) is 9.33. The highest BCUT2D eigenvalue weighted by Crippen LogP contribution is 2.58. The molecule has 99 heavy (non-hydrogen) atoms. The summed E-state index contributed by atoms with van der Waals surface area (Å²) < 4.78 is 45.3. The number of methoxy groups -OCH3 is 4. The van der Waals surface area contributed by atoms with E-state index in [0.717, 1.165) is 118 Å². The van der Waals surface area contributed by atoms with Crippen LogP contribution >= 0.6 is 0 Å². The molecule has 16 heteroatoms. The number of rotatable bonds is 26. The minimum atomic E-state index is -0.665. The zero-order chi connectivity index (χ0) is 70.8. The first-order valence-electron chi connectivity index (χ1n) is 33.3. The molecule has 512 valence electrons. The van der Waals surface area contributed by atoms with Crippen molar-refractivity contribution in [3.05, 3.63) is 257 Å². The Morgan fingerprint density at radius 1 is 0.354 bits per heavy atom. The molecule has 0 spiro atoms. The fourth-order valence-corrected chi connectivity index (χ4v) is 15.0. The van der Waals surface area contributed by atoms with E-state index in [-0.39, 0.29) is 43.7 Å². The van der Waals surface area contributed by atoms with Gasteiger partial charge < -0.3 is 37.9 Å². The van der Waals surface area contributed by atoms with E-state index in [2.05, 4.69) is 38.1 Å². The molecule has 2 fully saturated rings. The van der Waals surface area contributed by atoms with Gasteiger partial charge in [-0.1, -0.05) is 86.6 Å². The third-order valence-corrected chi connectivity index (χ3v) is 20.7. The van der Waals surface area contributed by atoms with Crippen LogP contribution in [0.5, 0.6) is 23.0 Å². The van der Waals surface area contributed by atoms with E-state index in [9.17, 15) is 38.4 Å². The molecule has 10 rings (SSSR count). The predicted molar refractivity (Wildman–Crippen MR) is 374 cm³/mol. The van der Waals surface area contributed by atoms with Crippen LogP contribution in [-0.4, -0.2) is 77.5 Å². The second kappa shape index (κ2) is 30.9. The third-order valence-electron chi connectivity index (χ3n) is 20.7. The van der Waals surface area contributed by atoms with Gasteiger partial charge in [-0.05, 0) is 236 Å². The quantitative estimate of drug-likeness (QED) is 0.0280. The number of benzene rings is 8. The average Bonchev–Trinajstić information content (AvgIpc) is 0.745. The molecule has 0 heterocycles. The summed E-state index contributed by atoms with van der Waals surface area (Å²) in [7, 11) is 5.33. The van der Waals surface area contributed by atoms with Crippen LogP contribution in [0.4, 0.5) is 0 Å². The molecule has 0 aliphatic heterocycles. The van der Waals surface area contributed by atoms with Gasteiger partial charge in [-0.15, -0.1) is 0 Å². The molecule has 0 unspecified atom stereocenters. The van der Waals surface area contributed by atoms with E-state index < -0.39 is 34.7 Å². The number of hydrogen-bond donors (Lipinski definition) is 0. The lowest BCUT2D eigenvalue weighted by Crippen LogP contribution is -2.43. The molecule has 2 saturated carbocycles. The summed E-state index contributed by atoms with van der Waals surface area (Å²) in [5, 5.41) is 0. The highest BCUT2D eigenvalue weighted by atomic mass is 16.5. The van der Waals surface area contributed by atoms with Crippen molar-refractivity contribution < 1.29 is 76.3 Å². The summed E-state index contributed by atoms with van der Waals surface area (Å²) in [5.74, 6) is 0.488. The molecule has 0 radical (unpaired) electrons. The fraction of sp³-hybridized carbons (Fsp3) is 0.325. The standard InChI is InChI=1S/C83H84O16/c1-51-35-69(39-63(43-84)73(51)96-47-55-11-19-59(20-12-55)77(88)92-7)82(70-36-52(2)74(64(40-70)44-85)97-48-56-13-21-60(22-14-56)78(89)93-8)31-27-67(28-32-82)81(5,6)68-29-33-83(34-30-68,71-37-53(3)75(65(41-71)45-86)98-49-57-15-23-61(24-16-57)79(90)94-9)72-38-54(4)76(66(42-72)46-87)99-50-58-17-25-62(26-18-58)80(91)95-10/h11-26,35-46,67-68H,27-34,47-50H2,1-10H3. The van der Waals surface area contributed by atoms with Crippen molar-refractivity contribution in [3.8, 4) is 23.0 Å². The zero-order valence-electron chi connectivity index (χ0n) is 57.8. The van der Waals surface area contributed by atoms with Crippen LogP contribution in [0.25, 0.3) is 0 Å². The molecule has 16 nitrogen and oxygen atoms in total. The van der Waals surface area contributed by atoms with Crippen LogP contribution in [0.2, 0.25) is 0 Å². The van der Waals surface area contributed by atoms with E-state index in [1.165, 1.54) is 28.4 Å². The van der Waals surface area contributed by atoms with Crippen molar-refractivity contribution >= 4 is 49.0 Å². The van der Waals surface area contributed by atoms with Gasteiger partial charge >= 0.3 is 23.9 Å². The van der Waals surface area contributed by atoms with Crippen molar-refractivity contribution in [2.75, 3.05) is 28.4 Å². The van der Waals surface area contributed by atoms with Crippen LogP contribution in [0.15, 0.2) is 146 Å². The highest BCUT2D eigenvalue weighted by Gasteiger charge is 2.49. The largest absolute Gasteiger partial charge is 0.488 e. The Morgan fingerprint density at radius 3 is 0.737 bits per heavy atom. The first-order chi connectivity index (χ1) is 47.7. The second-order valence-electron chi connectivity index (χ2n) is 26.8. The number of hydrogen-bond acceptors (Lipinski definition) is 16. The van der Waals surface area contributed by atoms with Gasteiger partial charge in [-0.25, -0.2) is 19.2 Å². The van der Waals surface area contributed by atoms with Gasteiger partial charge in [0.15, 0.2) is 25.1 Å². The molecular formula is C83H84O16. The molecule has 0 atom stereocenters. The Hall–Kier alpha value is -10.5. The maximum atomic E-state index is 13.3. The lowest BCUT2D eigenvalue weighted by atomic mass is 9.53. The number of ether oxygens (including phenoxy) is 8. The molecule has 0 amide bonds. The second-order valence-corrected chi connectivity index (χ2v) is 26.8. The van der Waals surface area contributed by atoms with Crippen molar-refractivity contribution in [2.24, 2.45) is 17.3 Å². The maximum absolute atomic E-state index is 13.3. The van der Waals surface area contributed by atoms with Gasteiger partial charge in [0.1, 0.15) is 49.4 Å². The molecule has 2 aliphatic carbocycles. The van der Waals surface area contributed by atoms with Gasteiger partial charge in [0, 0.05) is 10.8 Å². The minimum Gasteiger partial charge on any atom is -0.488 e. The Labute approximate surface area is 578 Å². The summed E-state index contributed by atoms with van der Waals surface area (Å²) in [6, 6.07) is 43.9. The van der Waals surface area contributed by atoms with Crippen LogP contribution in [0.1, 0.15) is 215 Å². The van der Waals surface area contributed by atoms with Crippen molar-refractivity contribution in [1.82, 2.24) is 0 Å². The summed E-state index contributed by atoms with van der Waals surface area (Å²) in [5.41, 5.74) is 11.6. The van der Waals surface area contributed by atoms with E-state index in [0.29, 0.717) is 93.2 Å². The van der Waals surface area contributed by atoms with Gasteiger partial charge in [0.25, 0.3) is 0 Å². The highest BCUT2D eigenvalue weighted by molar-refractivity contribution is 5.91. The van der Waals surface area contributed by atoms with E-state index >= 15 is 0 Å². The minimum absolute atomic E-state index is 0.143. The Kier molecular flexibility index (Phi) is 22.3. The Morgan fingerprint density at radius 2 is 0.556 bits per heavy atom. The number of carbonyl (C=O) groups excluding carboxylic acids is 8. The first-order valence-corrected chi connectivity index (χ1v) is 33.3. The SMILES string of the molecule is COC(=O)c1ccc(COc2c(C)cc(C3(c4cc(C)c(OCc5ccc(C(=O)OC)cc5)c(C=O)c4)CCC(C(C)(C)C4CCC(c5cc(C)c(OCc6ccc(C(=O)OC)cc6)c(C=O)c5)(c5cc(C)c(OCc6ccc(C(=O)OC)cc6)c(C=O)c5)CC4)CC3)cc2C=O)cc1. The molecule has 0 bridgehead atoms. The van der Waals surface area contributed by atoms with Crippen LogP contribution in [0, 0.1) is 44.9 Å². The number of carbonyl (C=O) groups is 8. The van der Waals surface area contributed by atoms with Crippen LogP contribution in [-0.2, 0) is 56.2 Å². The monoisotopic (exact) mass is 1340 g/mol. The van der Waals surface area contributed by atoms with Crippen LogP contribution < -0.4 is 18.9 Å². The van der Waals surface area contributed by atoms with Crippen molar-refractivity contribution in [2.45, 2.75) is 130 Å². The van der Waals surface area contributed by atoms with Crippen molar-refractivity contribution in [3.63, 3.8) is 0 Å². The third kappa shape index (κ3) is 15.2. The molecule has 0 N–H and O–H groups in total. The summed E-state index contributed by atoms with van der Waals surface area (Å²) in [4.78, 5) is 102. The molecule has 8 aromatic rings. The first kappa shape index (κ1) is 71.3. The molecule has 0 saturated heterocycles. The smallest absolute Gasteiger partial charge is 0.337 e. The Balaban J connectivity index is 0.963.